The second-order valence-corrected chi connectivity index (χ2v) is 4.66. The molecule has 0 heterocycles. The van der Waals surface area contributed by atoms with Gasteiger partial charge in [-0.25, -0.2) is 0 Å². The van der Waals surface area contributed by atoms with Gasteiger partial charge in [-0.2, -0.15) is 0 Å². The molecule has 0 spiro atoms. The minimum atomic E-state index is 0.641. The van der Waals surface area contributed by atoms with E-state index in [0.717, 1.165) is 5.75 Å². The molecule has 3 heteroatoms. The fraction of sp³-hybridized carbons (Fsp3) is 0.538. The highest BCUT2D eigenvalue weighted by Gasteiger charge is 2.30. The number of hydrazine groups is 1. The molecule has 1 saturated carbocycles. The molecular formula is C13H20N2O. The first-order chi connectivity index (χ1) is 7.69. The number of nitrogens with one attached hydrogen (secondary N) is 1. The van der Waals surface area contributed by atoms with Gasteiger partial charge in [0, 0.05) is 20.1 Å². The van der Waals surface area contributed by atoms with Crippen molar-refractivity contribution in [1.29, 1.82) is 0 Å². The molecule has 0 saturated heterocycles. The van der Waals surface area contributed by atoms with Crippen LogP contribution in [0.1, 0.15) is 24.3 Å². The SMILES string of the molecule is COc1ccc(C2CC(NN(C)C)C2)cc1. The Kier molecular flexibility index (Phi) is 3.46. The van der Waals surface area contributed by atoms with Crippen LogP contribution in [0.2, 0.25) is 0 Å². The smallest absolute Gasteiger partial charge is 0.118 e. The van der Waals surface area contributed by atoms with Gasteiger partial charge in [0.05, 0.1) is 7.11 Å². The van der Waals surface area contributed by atoms with Crippen LogP contribution in [0.25, 0.3) is 0 Å². The minimum absolute atomic E-state index is 0.641. The van der Waals surface area contributed by atoms with Gasteiger partial charge < -0.3 is 4.74 Å². The summed E-state index contributed by atoms with van der Waals surface area (Å²) in [4.78, 5) is 0. The van der Waals surface area contributed by atoms with E-state index in [1.165, 1.54) is 18.4 Å². The Morgan fingerprint density at radius 2 is 1.81 bits per heavy atom. The Morgan fingerprint density at radius 1 is 1.19 bits per heavy atom. The topological polar surface area (TPSA) is 24.5 Å². The predicted molar refractivity (Wildman–Crippen MR) is 65.6 cm³/mol. The first-order valence-electron chi connectivity index (χ1n) is 5.76. The zero-order chi connectivity index (χ0) is 11.5. The van der Waals surface area contributed by atoms with Gasteiger partial charge in [-0.3, -0.25) is 10.4 Å². The van der Waals surface area contributed by atoms with E-state index in [4.69, 9.17) is 4.74 Å². The van der Waals surface area contributed by atoms with Gasteiger partial charge in [-0.15, -0.1) is 0 Å². The van der Waals surface area contributed by atoms with Gasteiger partial charge in [-0.05, 0) is 36.5 Å². The molecule has 0 amide bonds. The van der Waals surface area contributed by atoms with Crippen LogP contribution < -0.4 is 10.2 Å². The standard InChI is InChI=1S/C13H20N2O/c1-15(2)14-12-8-11(9-12)10-4-6-13(16-3)7-5-10/h4-7,11-12,14H,8-9H2,1-3H3. The Bertz CT molecular complexity index is 328. The van der Waals surface area contributed by atoms with Crippen LogP contribution in [-0.2, 0) is 0 Å². The summed E-state index contributed by atoms with van der Waals surface area (Å²) >= 11 is 0. The van der Waals surface area contributed by atoms with Crippen LogP contribution in [0.4, 0.5) is 0 Å². The second-order valence-electron chi connectivity index (χ2n) is 4.66. The zero-order valence-corrected chi connectivity index (χ0v) is 10.2. The van der Waals surface area contributed by atoms with Gasteiger partial charge in [0.1, 0.15) is 5.75 Å². The molecule has 0 radical (unpaired) electrons. The lowest BCUT2D eigenvalue weighted by atomic mass is 9.76. The molecule has 2 rings (SSSR count). The highest BCUT2D eigenvalue weighted by molar-refractivity contribution is 5.30. The van der Waals surface area contributed by atoms with Crippen LogP contribution in [0.3, 0.4) is 0 Å². The van der Waals surface area contributed by atoms with E-state index in [-0.39, 0.29) is 0 Å². The summed E-state index contributed by atoms with van der Waals surface area (Å²) in [5.74, 6) is 1.65. The number of hydrogen-bond acceptors (Lipinski definition) is 3. The summed E-state index contributed by atoms with van der Waals surface area (Å²) in [7, 11) is 5.79. The molecule has 1 aromatic rings. The van der Waals surface area contributed by atoms with E-state index >= 15 is 0 Å². The molecule has 1 fully saturated rings. The quantitative estimate of drug-likeness (QED) is 0.786. The molecule has 0 atom stereocenters. The summed E-state index contributed by atoms with van der Waals surface area (Å²) in [6.45, 7) is 0. The van der Waals surface area contributed by atoms with Crippen molar-refractivity contribution in [3.63, 3.8) is 0 Å². The van der Waals surface area contributed by atoms with Crippen LogP contribution in [0, 0.1) is 0 Å². The maximum Gasteiger partial charge on any atom is 0.118 e. The molecule has 0 unspecified atom stereocenters. The number of hydrogen-bond donors (Lipinski definition) is 1. The van der Waals surface area contributed by atoms with Gasteiger partial charge in [0.25, 0.3) is 0 Å². The Balaban J connectivity index is 1.86. The largest absolute Gasteiger partial charge is 0.497 e. The van der Waals surface area contributed by atoms with Crippen LogP contribution in [0.15, 0.2) is 24.3 Å². The number of nitrogens with zero attached hydrogens (tertiary/aromatic N) is 1. The van der Waals surface area contributed by atoms with Crippen molar-refractivity contribution < 1.29 is 4.74 Å². The predicted octanol–water partition coefficient (Wildman–Crippen LogP) is 2.01. The van der Waals surface area contributed by atoms with Crippen molar-refractivity contribution >= 4 is 0 Å². The summed E-state index contributed by atoms with van der Waals surface area (Å²) in [5.41, 5.74) is 4.84. The Hall–Kier alpha value is -1.06. The summed E-state index contributed by atoms with van der Waals surface area (Å²) in [6.07, 6.45) is 2.45. The van der Waals surface area contributed by atoms with Gasteiger partial charge >= 0.3 is 0 Å². The van der Waals surface area contributed by atoms with Crippen molar-refractivity contribution in [3.05, 3.63) is 29.8 Å². The van der Waals surface area contributed by atoms with E-state index < -0.39 is 0 Å². The summed E-state index contributed by atoms with van der Waals surface area (Å²) in [5, 5.41) is 2.04. The maximum absolute atomic E-state index is 5.16. The van der Waals surface area contributed by atoms with Crippen molar-refractivity contribution in [2.24, 2.45) is 0 Å². The van der Waals surface area contributed by atoms with Crippen LogP contribution in [0.5, 0.6) is 5.75 Å². The third-order valence-electron chi connectivity index (χ3n) is 3.17. The molecule has 1 aliphatic rings. The molecule has 3 nitrogen and oxygen atoms in total. The Morgan fingerprint density at radius 3 is 2.31 bits per heavy atom. The lowest BCUT2D eigenvalue weighted by molar-refractivity contribution is 0.165. The monoisotopic (exact) mass is 220 g/mol. The van der Waals surface area contributed by atoms with Gasteiger partial charge in [-0.1, -0.05) is 12.1 Å². The van der Waals surface area contributed by atoms with Gasteiger partial charge in [0.2, 0.25) is 0 Å². The highest BCUT2D eigenvalue weighted by atomic mass is 16.5. The summed E-state index contributed by atoms with van der Waals surface area (Å²) < 4.78 is 5.16. The fourth-order valence-electron chi connectivity index (χ4n) is 2.24. The number of rotatable bonds is 4. The first-order valence-corrected chi connectivity index (χ1v) is 5.76. The normalized spacial score (nSPS) is 24.2. The molecule has 1 aliphatic carbocycles. The molecule has 16 heavy (non-hydrogen) atoms. The lowest BCUT2D eigenvalue weighted by Gasteiger charge is -2.38. The third kappa shape index (κ3) is 2.54. The number of methoxy groups -OCH3 is 1. The highest BCUT2D eigenvalue weighted by Crippen LogP contribution is 2.37. The second kappa shape index (κ2) is 4.85. The van der Waals surface area contributed by atoms with Crippen LogP contribution in [-0.4, -0.2) is 32.3 Å². The average Bonchev–Trinajstić information content (AvgIpc) is 2.23. The van der Waals surface area contributed by atoms with Crippen molar-refractivity contribution in [2.75, 3.05) is 21.2 Å². The molecule has 0 aromatic heterocycles. The fourth-order valence-corrected chi connectivity index (χ4v) is 2.24. The summed E-state index contributed by atoms with van der Waals surface area (Å²) in [6, 6.07) is 9.08. The first kappa shape index (κ1) is 11.4. The minimum Gasteiger partial charge on any atom is -0.497 e. The van der Waals surface area contributed by atoms with Crippen molar-refractivity contribution in [1.82, 2.24) is 10.4 Å². The average molecular weight is 220 g/mol. The molecule has 0 bridgehead atoms. The zero-order valence-electron chi connectivity index (χ0n) is 10.2. The number of ether oxygens (including phenoxy) is 1. The third-order valence-corrected chi connectivity index (χ3v) is 3.17. The van der Waals surface area contributed by atoms with E-state index in [9.17, 15) is 0 Å². The molecule has 0 aliphatic heterocycles. The molecular weight excluding hydrogens is 200 g/mol. The molecule has 88 valence electrons. The lowest BCUT2D eigenvalue weighted by Crippen LogP contribution is -2.46. The van der Waals surface area contributed by atoms with E-state index in [1.54, 1.807) is 7.11 Å². The van der Waals surface area contributed by atoms with Crippen molar-refractivity contribution in [3.8, 4) is 5.75 Å². The number of benzene rings is 1. The van der Waals surface area contributed by atoms with E-state index in [1.807, 2.05) is 31.2 Å². The van der Waals surface area contributed by atoms with Crippen LogP contribution >= 0.6 is 0 Å². The maximum atomic E-state index is 5.16. The molecule has 1 aromatic carbocycles. The Labute approximate surface area is 97.4 Å². The van der Waals surface area contributed by atoms with Crippen molar-refractivity contribution in [2.45, 2.75) is 24.8 Å². The van der Waals surface area contributed by atoms with E-state index in [0.29, 0.717) is 12.0 Å². The van der Waals surface area contributed by atoms with E-state index in [2.05, 4.69) is 17.6 Å². The molecule has 1 N–H and O–H groups in total. The van der Waals surface area contributed by atoms with Gasteiger partial charge in [0.15, 0.2) is 0 Å².